The molecule has 0 saturated carbocycles. The van der Waals surface area contributed by atoms with Gasteiger partial charge >= 0.3 is 0 Å². The summed E-state index contributed by atoms with van der Waals surface area (Å²) >= 11 is 3.42. The number of nitrogens with one attached hydrogen (secondary N) is 2. The zero-order valence-corrected chi connectivity index (χ0v) is 14.4. The maximum absolute atomic E-state index is 11.6. The molecule has 0 bridgehead atoms. The smallest absolute Gasteiger partial charge is 0.239 e. The van der Waals surface area contributed by atoms with Gasteiger partial charge in [0.25, 0.3) is 0 Å². The number of hydrogen-bond acceptors (Lipinski definition) is 2. The Morgan fingerprint density at radius 2 is 1.95 bits per heavy atom. The predicted molar refractivity (Wildman–Crippen MR) is 90.3 cm³/mol. The SMILES string of the molecule is CCCNC(=O)CNC(=NC)N(C)Cc1ccc(Br)cc1. The van der Waals surface area contributed by atoms with Gasteiger partial charge in [0, 0.05) is 31.7 Å². The zero-order valence-electron chi connectivity index (χ0n) is 12.8. The van der Waals surface area contributed by atoms with Crippen LogP contribution in [0.3, 0.4) is 0 Å². The molecule has 1 aromatic carbocycles. The van der Waals surface area contributed by atoms with Crippen LogP contribution in [0.5, 0.6) is 0 Å². The molecule has 1 amide bonds. The Morgan fingerprint density at radius 1 is 1.29 bits per heavy atom. The first-order chi connectivity index (χ1) is 10.1. The molecule has 0 unspecified atom stereocenters. The van der Waals surface area contributed by atoms with Gasteiger partial charge in [0.05, 0.1) is 6.54 Å². The van der Waals surface area contributed by atoms with Crippen molar-refractivity contribution in [1.82, 2.24) is 15.5 Å². The molecule has 5 nitrogen and oxygen atoms in total. The van der Waals surface area contributed by atoms with E-state index in [1.165, 1.54) is 5.56 Å². The highest BCUT2D eigenvalue weighted by Crippen LogP contribution is 2.11. The average Bonchev–Trinajstić information content (AvgIpc) is 2.48. The summed E-state index contributed by atoms with van der Waals surface area (Å²) in [5.74, 6) is 0.680. The number of hydrogen-bond donors (Lipinski definition) is 2. The van der Waals surface area contributed by atoms with Crippen molar-refractivity contribution < 1.29 is 4.79 Å². The van der Waals surface area contributed by atoms with Gasteiger partial charge in [0.15, 0.2) is 5.96 Å². The minimum Gasteiger partial charge on any atom is -0.355 e. The second-order valence-corrected chi connectivity index (χ2v) is 5.65. The van der Waals surface area contributed by atoms with Crippen molar-refractivity contribution in [2.24, 2.45) is 4.99 Å². The maximum atomic E-state index is 11.6. The summed E-state index contributed by atoms with van der Waals surface area (Å²) in [6, 6.07) is 8.14. The van der Waals surface area contributed by atoms with Crippen molar-refractivity contribution in [1.29, 1.82) is 0 Å². The van der Waals surface area contributed by atoms with E-state index in [2.05, 4.69) is 43.7 Å². The molecule has 1 aromatic rings. The number of carbonyl (C=O) groups excluding carboxylic acids is 1. The molecule has 0 saturated heterocycles. The molecule has 0 heterocycles. The molecule has 21 heavy (non-hydrogen) atoms. The molecule has 0 spiro atoms. The molecule has 6 heteroatoms. The lowest BCUT2D eigenvalue weighted by molar-refractivity contribution is -0.120. The van der Waals surface area contributed by atoms with E-state index in [-0.39, 0.29) is 12.5 Å². The Bertz CT molecular complexity index is 473. The number of benzene rings is 1. The molecule has 1 rings (SSSR count). The Morgan fingerprint density at radius 3 is 2.52 bits per heavy atom. The number of aliphatic imine (C=N–C) groups is 1. The molecular formula is C15H23BrN4O. The highest BCUT2D eigenvalue weighted by Gasteiger charge is 2.08. The fraction of sp³-hybridized carbons (Fsp3) is 0.467. The molecule has 116 valence electrons. The lowest BCUT2D eigenvalue weighted by Gasteiger charge is -2.22. The van der Waals surface area contributed by atoms with E-state index in [4.69, 9.17) is 0 Å². The van der Waals surface area contributed by atoms with Gasteiger partial charge in [0.2, 0.25) is 5.91 Å². The van der Waals surface area contributed by atoms with Crippen LogP contribution in [0.25, 0.3) is 0 Å². The number of nitrogens with zero attached hydrogens (tertiary/aromatic N) is 2. The highest BCUT2D eigenvalue weighted by atomic mass is 79.9. The molecule has 0 radical (unpaired) electrons. The van der Waals surface area contributed by atoms with Crippen LogP contribution in [-0.2, 0) is 11.3 Å². The molecule has 2 N–H and O–H groups in total. The standard InChI is InChI=1S/C15H23BrN4O/c1-4-9-18-14(21)10-19-15(17-2)20(3)11-12-5-7-13(16)8-6-12/h5-8H,4,9-11H2,1-3H3,(H,17,19)(H,18,21). The second-order valence-electron chi connectivity index (χ2n) is 4.73. The largest absolute Gasteiger partial charge is 0.355 e. The van der Waals surface area contributed by atoms with Gasteiger partial charge in [-0.15, -0.1) is 0 Å². The van der Waals surface area contributed by atoms with Crippen molar-refractivity contribution in [3.63, 3.8) is 0 Å². The van der Waals surface area contributed by atoms with Crippen LogP contribution in [0, 0.1) is 0 Å². The van der Waals surface area contributed by atoms with Crippen LogP contribution in [0.4, 0.5) is 0 Å². The number of carbonyl (C=O) groups is 1. The monoisotopic (exact) mass is 354 g/mol. The summed E-state index contributed by atoms with van der Waals surface area (Å²) in [6.07, 6.45) is 0.934. The van der Waals surface area contributed by atoms with E-state index < -0.39 is 0 Å². The third-order valence-electron chi connectivity index (χ3n) is 2.89. The Balaban J connectivity index is 2.48. The summed E-state index contributed by atoms with van der Waals surface area (Å²) in [7, 11) is 3.66. The molecule has 0 fully saturated rings. The first-order valence-electron chi connectivity index (χ1n) is 6.99. The quantitative estimate of drug-likeness (QED) is 0.606. The maximum Gasteiger partial charge on any atom is 0.239 e. The van der Waals surface area contributed by atoms with Gasteiger partial charge in [-0.2, -0.15) is 0 Å². The summed E-state index contributed by atoms with van der Waals surface area (Å²) in [5.41, 5.74) is 1.18. The van der Waals surface area contributed by atoms with E-state index in [1.54, 1.807) is 7.05 Å². The highest BCUT2D eigenvalue weighted by molar-refractivity contribution is 9.10. The van der Waals surface area contributed by atoms with Crippen molar-refractivity contribution in [3.8, 4) is 0 Å². The van der Waals surface area contributed by atoms with Crippen LogP contribution >= 0.6 is 15.9 Å². The molecule has 0 aliphatic heterocycles. The summed E-state index contributed by atoms with van der Waals surface area (Å²) in [6.45, 7) is 3.69. The summed E-state index contributed by atoms with van der Waals surface area (Å²) in [5, 5.41) is 5.89. The van der Waals surface area contributed by atoms with Gasteiger partial charge < -0.3 is 15.5 Å². The van der Waals surface area contributed by atoms with Crippen LogP contribution in [-0.4, -0.2) is 44.0 Å². The van der Waals surface area contributed by atoms with Crippen molar-refractivity contribution >= 4 is 27.8 Å². The van der Waals surface area contributed by atoms with Gasteiger partial charge in [-0.25, -0.2) is 0 Å². The van der Waals surface area contributed by atoms with Gasteiger partial charge in [0.1, 0.15) is 0 Å². The second kappa shape index (κ2) is 9.39. The van der Waals surface area contributed by atoms with Crippen molar-refractivity contribution in [2.45, 2.75) is 19.9 Å². The fourth-order valence-corrected chi connectivity index (χ4v) is 2.07. The Hall–Kier alpha value is -1.56. The molecule has 0 aliphatic carbocycles. The minimum absolute atomic E-state index is 0.0185. The topological polar surface area (TPSA) is 56.7 Å². The van der Waals surface area contributed by atoms with Crippen molar-refractivity contribution in [3.05, 3.63) is 34.3 Å². The first-order valence-corrected chi connectivity index (χ1v) is 7.79. The zero-order chi connectivity index (χ0) is 15.7. The third-order valence-corrected chi connectivity index (χ3v) is 3.41. The number of amides is 1. The van der Waals surface area contributed by atoms with E-state index in [9.17, 15) is 4.79 Å². The molecular weight excluding hydrogens is 332 g/mol. The number of halogens is 1. The Kier molecular flexibility index (Phi) is 7.82. The lowest BCUT2D eigenvalue weighted by Crippen LogP contribution is -2.43. The minimum atomic E-state index is -0.0185. The third kappa shape index (κ3) is 6.62. The van der Waals surface area contributed by atoms with E-state index >= 15 is 0 Å². The number of guanidine groups is 1. The molecule has 0 atom stereocenters. The summed E-state index contributed by atoms with van der Waals surface area (Å²) < 4.78 is 1.06. The van der Waals surface area contributed by atoms with Gasteiger partial charge in [-0.3, -0.25) is 9.79 Å². The number of rotatable bonds is 6. The van der Waals surface area contributed by atoms with Crippen molar-refractivity contribution in [2.75, 3.05) is 27.2 Å². The molecule has 0 aromatic heterocycles. The average molecular weight is 355 g/mol. The summed E-state index contributed by atoms with van der Waals surface area (Å²) in [4.78, 5) is 17.8. The van der Waals surface area contributed by atoms with Crippen LogP contribution < -0.4 is 10.6 Å². The van der Waals surface area contributed by atoms with Crippen LogP contribution in [0.2, 0.25) is 0 Å². The van der Waals surface area contributed by atoms with E-state index in [1.807, 2.05) is 31.0 Å². The molecule has 0 aliphatic rings. The lowest BCUT2D eigenvalue weighted by atomic mass is 10.2. The normalized spacial score (nSPS) is 11.1. The van der Waals surface area contributed by atoms with Crippen LogP contribution in [0.1, 0.15) is 18.9 Å². The predicted octanol–water partition coefficient (Wildman–Crippen LogP) is 1.98. The van der Waals surface area contributed by atoms with E-state index in [0.29, 0.717) is 12.5 Å². The van der Waals surface area contributed by atoms with Crippen LogP contribution in [0.15, 0.2) is 33.7 Å². The van der Waals surface area contributed by atoms with Gasteiger partial charge in [-0.1, -0.05) is 35.0 Å². The fourth-order valence-electron chi connectivity index (χ4n) is 1.81. The Labute approximate surface area is 134 Å². The van der Waals surface area contributed by atoms with E-state index in [0.717, 1.165) is 17.4 Å². The first kappa shape index (κ1) is 17.5. The van der Waals surface area contributed by atoms with Gasteiger partial charge in [-0.05, 0) is 24.1 Å².